The van der Waals surface area contributed by atoms with Crippen LogP contribution in [0.5, 0.6) is 0 Å². The molecule has 0 bridgehead atoms. The van der Waals surface area contributed by atoms with Crippen molar-refractivity contribution in [3.8, 4) is 0 Å². The molecule has 2 amide bonds. The Morgan fingerprint density at radius 1 is 1.25 bits per heavy atom. The summed E-state index contributed by atoms with van der Waals surface area (Å²) in [6.45, 7) is 0.329. The summed E-state index contributed by atoms with van der Waals surface area (Å²) in [5.74, 6) is -1.08. The number of carbonyl (C=O) groups excluding carboxylic acids is 2. The van der Waals surface area contributed by atoms with Gasteiger partial charge in [-0.3, -0.25) is 9.59 Å². The topological polar surface area (TPSA) is 98.2 Å². The fourth-order valence-corrected chi connectivity index (χ4v) is 1.15. The van der Waals surface area contributed by atoms with E-state index in [0.29, 0.717) is 12.2 Å². The molecule has 84 valence electrons. The highest BCUT2D eigenvalue weighted by molar-refractivity contribution is 6.03. The fraction of sp³-hybridized carbons (Fsp3) is 0.0909. The molecule has 1 aromatic rings. The smallest absolute Gasteiger partial charge is 0.248 e. The molecule has 0 unspecified atom stereocenters. The Morgan fingerprint density at radius 2 is 1.94 bits per heavy atom. The van der Waals surface area contributed by atoms with Gasteiger partial charge in [0.1, 0.15) is 0 Å². The van der Waals surface area contributed by atoms with E-state index < -0.39 is 11.8 Å². The number of hydrogen-bond donors (Lipinski definition) is 3. The lowest BCUT2D eigenvalue weighted by atomic mass is 10.2. The van der Waals surface area contributed by atoms with Gasteiger partial charge in [-0.1, -0.05) is 18.2 Å². The summed E-state index contributed by atoms with van der Waals surface area (Å²) in [5, 5.41) is 2.60. The number of para-hydroxylation sites is 1. The van der Waals surface area contributed by atoms with E-state index in [2.05, 4.69) is 5.32 Å². The van der Waals surface area contributed by atoms with E-state index >= 15 is 0 Å². The average molecular weight is 219 g/mol. The van der Waals surface area contributed by atoms with E-state index in [-0.39, 0.29) is 0 Å². The minimum atomic E-state index is -0.665. The first-order valence-corrected chi connectivity index (χ1v) is 4.70. The van der Waals surface area contributed by atoms with E-state index in [1.54, 1.807) is 12.1 Å². The second kappa shape index (κ2) is 5.67. The fourth-order valence-electron chi connectivity index (χ4n) is 1.15. The highest BCUT2D eigenvalue weighted by atomic mass is 16.2. The summed E-state index contributed by atoms with van der Waals surface area (Å²) >= 11 is 0. The molecule has 5 nitrogen and oxygen atoms in total. The Kier molecular flexibility index (Phi) is 4.23. The predicted octanol–water partition coefficient (Wildman–Crippen LogP) is 0.125. The third kappa shape index (κ3) is 3.55. The molecule has 0 radical (unpaired) electrons. The molecule has 1 rings (SSSR count). The lowest BCUT2D eigenvalue weighted by Gasteiger charge is -2.07. The minimum absolute atomic E-state index is 0.329. The van der Waals surface area contributed by atoms with Gasteiger partial charge in [-0.15, -0.1) is 0 Å². The van der Waals surface area contributed by atoms with Crippen LogP contribution in [-0.4, -0.2) is 11.8 Å². The standard InChI is InChI=1S/C11H13N3O2/c12-7-8-3-1-2-4-9(8)14-11(16)6-5-10(13)15/h1-6H,7,12H2,(H2,13,15)(H,14,16)/b6-5-. The molecule has 0 heterocycles. The van der Waals surface area contributed by atoms with Crippen LogP contribution in [0.1, 0.15) is 5.56 Å². The highest BCUT2D eigenvalue weighted by Gasteiger charge is 2.02. The normalized spacial score (nSPS) is 10.3. The SMILES string of the molecule is NCc1ccccc1NC(=O)/C=C\C(N)=O. The van der Waals surface area contributed by atoms with E-state index in [4.69, 9.17) is 11.5 Å². The predicted molar refractivity (Wildman–Crippen MR) is 61.3 cm³/mol. The first-order chi connectivity index (χ1) is 7.63. The number of amides is 2. The minimum Gasteiger partial charge on any atom is -0.366 e. The number of rotatable bonds is 4. The maximum absolute atomic E-state index is 11.3. The molecule has 0 aliphatic carbocycles. The van der Waals surface area contributed by atoms with Gasteiger partial charge in [0, 0.05) is 24.4 Å². The van der Waals surface area contributed by atoms with Crippen molar-refractivity contribution in [1.29, 1.82) is 0 Å². The summed E-state index contributed by atoms with van der Waals surface area (Å²) < 4.78 is 0. The summed E-state index contributed by atoms with van der Waals surface area (Å²) in [6.07, 6.45) is 2.08. The molecular formula is C11H13N3O2. The molecule has 0 aromatic heterocycles. The molecule has 5 heteroatoms. The van der Waals surface area contributed by atoms with E-state index in [0.717, 1.165) is 17.7 Å². The summed E-state index contributed by atoms with van der Waals surface area (Å²) in [6, 6.07) is 7.16. The lowest BCUT2D eigenvalue weighted by molar-refractivity contribution is -0.115. The zero-order valence-electron chi connectivity index (χ0n) is 8.64. The number of primary amides is 1. The first kappa shape index (κ1) is 11.9. The second-order valence-corrected chi connectivity index (χ2v) is 3.09. The monoisotopic (exact) mass is 219 g/mol. The van der Waals surface area contributed by atoms with Crippen molar-refractivity contribution >= 4 is 17.5 Å². The number of carbonyl (C=O) groups is 2. The Balaban J connectivity index is 2.73. The van der Waals surface area contributed by atoms with Crippen LogP contribution >= 0.6 is 0 Å². The van der Waals surface area contributed by atoms with Crippen molar-refractivity contribution in [2.75, 3.05) is 5.32 Å². The van der Waals surface area contributed by atoms with Crippen molar-refractivity contribution in [3.05, 3.63) is 42.0 Å². The van der Waals surface area contributed by atoms with Gasteiger partial charge in [0.2, 0.25) is 11.8 Å². The van der Waals surface area contributed by atoms with Crippen LogP contribution in [0.25, 0.3) is 0 Å². The zero-order valence-corrected chi connectivity index (χ0v) is 8.64. The molecule has 16 heavy (non-hydrogen) atoms. The molecule has 0 aliphatic heterocycles. The van der Waals surface area contributed by atoms with Gasteiger partial charge in [0.15, 0.2) is 0 Å². The van der Waals surface area contributed by atoms with Gasteiger partial charge in [0.25, 0.3) is 0 Å². The van der Waals surface area contributed by atoms with Gasteiger partial charge < -0.3 is 16.8 Å². The number of anilines is 1. The first-order valence-electron chi connectivity index (χ1n) is 4.70. The van der Waals surface area contributed by atoms with Gasteiger partial charge in [-0.25, -0.2) is 0 Å². The number of hydrogen-bond acceptors (Lipinski definition) is 3. The number of nitrogens with one attached hydrogen (secondary N) is 1. The average Bonchev–Trinajstić information content (AvgIpc) is 2.27. The molecule has 0 aliphatic rings. The lowest BCUT2D eigenvalue weighted by Crippen LogP contribution is -2.13. The third-order valence-corrected chi connectivity index (χ3v) is 1.89. The number of benzene rings is 1. The van der Waals surface area contributed by atoms with Gasteiger partial charge in [0.05, 0.1) is 0 Å². The Morgan fingerprint density at radius 3 is 2.56 bits per heavy atom. The van der Waals surface area contributed by atoms with Gasteiger partial charge >= 0.3 is 0 Å². The summed E-state index contributed by atoms with van der Waals surface area (Å²) in [5.41, 5.74) is 11.8. The summed E-state index contributed by atoms with van der Waals surface area (Å²) in [7, 11) is 0. The Hall–Kier alpha value is -2.14. The van der Waals surface area contributed by atoms with E-state index in [1.807, 2.05) is 12.1 Å². The van der Waals surface area contributed by atoms with Crippen molar-refractivity contribution in [2.24, 2.45) is 11.5 Å². The van der Waals surface area contributed by atoms with Crippen molar-refractivity contribution in [1.82, 2.24) is 0 Å². The maximum Gasteiger partial charge on any atom is 0.248 e. The van der Waals surface area contributed by atoms with Crippen LogP contribution in [0.4, 0.5) is 5.69 Å². The van der Waals surface area contributed by atoms with Crippen molar-refractivity contribution < 1.29 is 9.59 Å². The largest absolute Gasteiger partial charge is 0.366 e. The molecule has 0 spiro atoms. The highest BCUT2D eigenvalue weighted by Crippen LogP contribution is 2.13. The van der Waals surface area contributed by atoms with Crippen molar-refractivity contribution in [2.45, 2.75) is 6.54 Å². The molecule has 0 saturated heterocycles. The molecule has 5 N–H and O–H groups in total. The maximum atomic E-state index is 11.3. The quantitative estimate of drug-likeness (QED) is 0.627. The number of nitrogens with two attached hydrogens (primary N) is 2. The molecule has 0 atom stereocenters. The molecular weight excluding hydrogens is 206 g/mol. The van der Waals surface area contributed by atoms with Crippen LogP contribution in [-0.2, 0) is 16.1 Å². The van der Waals surface area contributed by atoms with Crippen molar-refractivity contribution in [3.63, 3.8) is 0 Å². The summed E-state index contributed by atoms with van der Waals surface area (Å²) in [4.78, 5) is 21.8. The Bertz CT molecular complexity index is 427. The molecule has 0 saturated carbocycles. The third-order valence-electron chi connectivity index (χ3n) is 1.89. The van der Waals surface area contributed by atoms with E-state index in [9.17, 15) is 9.59 Å². The van der Waals surface area contributed by atoms with Crippen LogP contribution in [0, 0.1) is 0 Å². The molecule has 1 aromatic carbocycles. The van der Waals surface area contributed by atoms with Gasteiger partial charge in [-0.2, -0.15) is 0 Å². The van der Waals surface area contributed by atoms with Gasteiger partial charge in [-0.05, 0) is 11.6 Å². The molecule has 0 fully saturated rings. The van der Waals surface area contributed by atoms with Crippen LogP contribution in [0.15, 0.2) is 36.4 Å². The van der Waals surface area contributed by atoms with Crippen LogP contribution < -0.4 is 16.8 Å². The van der Waals surface area contributed by atoms with E-state index in [1.165, 1.54) is 0 Å². The zero-order chi connectivity index (χ0) is 12.0. The van der Waals surface area contributed by atoms with Crippen LogP contribution in [0.3, 0.4) is 0 Å². The van der Waals surface area contributed by atoms with Crippen LogP contribution in [0.2, 0.25) is 0 Å². The second-order valence-electron chi connectivity index (χ2n) is 3.09. The Labute approximate surface area is 93.1 Å².